The minimum Gasteiger partial charge on any atom is -0.465 e. The van der Waals surface area contributed by atoms with Crippen LogP contribution in [0.1, 0.15) is 56.9 Å². The molecule has 0 spiro atoms. The van der Waals surface area contributed by atoms with Gasteiger partial charge in [-0.15, -0.1) is 0 Å². The lowest BCUT2D eigenvalue weighted by Gasteiger charge is -2.36. The fraction of sp³-hybridized carbons (Fsp3) is 0.556. The number of fused-ring (bicyclic) bond motifs is 1. The van der Waals surface area contributed by atoms with Crippen molar-refractivity contribution in [2.45, 2.75) is 58.4 Å². The summed E-state index contributed by atoms with van der Waals surface area (Å²) in [5.74, 6) is 0.496. The maximum Gasteiger partial charge on any atom is 0.412 e. The van der Waals surface area contributed by atoms with Crippen molar-refractivity contribution in [3.63, 3.8) is 0 Å². The summed E-state index contributed by atoms with van der Waals surface area (Å²) in [4.78, 5) is 18.1. The van der Waals surface area contributed by atoms with Gasteiger partial charge in [0.25, 0.3) is 0 Å². The molecule has 1 heterocycles. The van der Waals surface area contributed by atoms with Crippen molar-refractivity contribution >= 4 is 17.4 Å². The maximum atomic E-state index is 12.0. The topological polar surface area (TPSA) is 53.4 Å². The number of hydrogen-bond acceptors (Lipinski definition) is 2. The molecular formula is C18H24N2O2. The van der Waals surface area contributed by atoms with Crippen molar-refractivity contribution in [2.75, 3.05) is 4.90 Å². The van der Waals surface area contributed by atoms with Crippen LogP contribution in [-0.2, 0) is 12.8 Å². The first-order valence-corrected chi connectivity index (χ1v) is 8.03. The molecule has 1 aromatic heterocycles. The Labute approximate surface area is 131 Å². The van der Waals surface area contributed by atoms with E-state index in [2.05, 4.69) is 11.6 Å². The maximum absolute atomic E-state index is 12.0. The van der Waals surface area contributed by atoms with Gasteiger partial charge in [0.2, 0.25) is 0 Å². The summed E-state index contributed by atoms with van der Waals surface area (Å²) >= 11 is 0. The van der Waals surface area contributed by atoms with Gasteiger partial charge in [0.05, 0.1) is 5.69 Å². The molecule has 2 aliphatic carbocycles. The fourth-order valence-electron chi connectivity index (χ4n) is 3.35. The van der Waals surface area contributed by atoms with E-state index in [0.717, 1.165) is 60.2 Å². The highest BCUT2D eigenvalue weighted by atomic mass is 16.4. The zero-order valence-electron chi connectivity index (χ0n) is 13.6. The third-order valence-electron chi connectivity index (χ3n) is 4.58. The predicted molar refractivity (Wildman–Crippen MR) is 88.3 cm³/mol. The average molecular weight is 300 g/mol. The Morgan fingerprint density at radius 3 is 2.59 bits per heavy atom. The molecule has 0 atom stereocenters. The lowest BCUT2D eigenvalue weighted by atomic mass is 9.95. The monoisotopic (exact) mass is 300 g/mol. The van der Waals surface area contributed by atoms with Crippen molar-refractivity contribution in [3.8, 4) is 0 Å². The Hall–Kier alpha value is -1.84. The molecule has 22 heavy (non-hydrogen) atoms. The molecule has 0 bridgehead atoms. The van der Waals surface area contributed by atoms with Gasteiger partial charge in [-0.3, -0.25) is 9.88 Å². The number of carbonyl (C=O) groups is 1. The summed E-state index contributed by atoms with van der Waals surface area (Å²) < 4.78 is 0. The quantitative estimate of drug-likeness (QED) is 0.906. The van der Waals surface area contributed by atoms with Gasteiger partial charge in [0.1, 0.15) is 0 Å². The highest BCUT2D eigenvalue weighted by Gasteiger charge is 2.36. The van der Waals surface area contributed by atoms with Gasteiger partial charge in [-0.25, -0.2) is 4.79 Å². The van der Waals surface area contributed by atoms with Crippen molar-refractivity contribution in [1.29, 1.82) is 0 Å². The van der Waals surface area contributed by atoms with Crippen LogP contribution in [0.4, 0.5) is 10.5 Å². The number of amides is 1. The highest BCUT2D eigenvalue weighted by Crippen LogP contribution is 2.46. The number of anilines is 1. The summed E-state index contributed by atoms with van der Waals surface area (Å²) in [5.41, 5.74) is 4.48. The molecule has 4 heteroatoms. The van der Waals surface area contributed by atoms with Crippen LogP contribution in [-0.4, -0.2) is 21.7 Å². The van der Waals surface area contributed by atoms with Crippen LogP contribution in [0.5, 0.6) is 0 Å². The van der Waals surface area contributed by atoms with Crippen molar-refractivity contribution in [1.82, 2.24) is 4.98 Å². The summed E-state index contributed by atoms with van der Waals surface area (Å²) in [6.07, 6.45) is 6.14. The van der Waals surface area contributed by atoms with Crippen LogP contribution < -0.4 is 4.90 Å². The van der Waals surface area contributed by atoms with E-state index in [4.69, 9.17) is 0 Å². The molecule has 1 N–H and O–H groups in total. The first-order valence-electron chi connectivity index (χ1n) is 8.03. The van der Waals surface area contributed by atoms with E-state index < -0.39 is 11.6 Å². The molecule has 0 radical (unpaired) electrons. The van der Waals surface area contributed by atoms with Crippen LogP contribution in [0.25, 0.3) is 5.57 Å². The van der Waals surface area contributed by atoms with Crippen LogP contribution in [0.2, 0.25) is 0 Å². The second-order valence-electron chi connectivity index (χ2n) is 7.39. The third kappa shape index (κ3) is 2.51. The zero-order chi connectivity index (χ0) is 16.1. The van der Waals surface area contributed by atoms with E-state index in [1.54, 1.807) is 0 Å². The number of hydrogen-bond donors (Lipinski definition) is 1. The number of aromatic nitrogens is 1. The van der Waals surface area contributed by atoms with E-state index in [0.29, 0.717) is 5.92 Å². The number of rotatable bonds is 3. The zero-order valence-corrected chi connectivity index (χ0v) is 13.6. The first-order chi connectivity index (χ1) is 10.3. The van der Waals surface area contributed by atoms with Gasteiger partial charge in [-0.05, 0) is 69.9 Å². The van der Waals surface area contributed by atoms with E-state index in [1.807, 2.05) is 27.0 Å². The van der Waals surface area contributed by atoms with Crippen LogP contribution >= 0.6 is 0 Å². The molecule has 2 aliphatic rings. The second kappa shape index (κ2) is 5.11. The van der Waals surface area contributed by atoms with Crippen LogP contribution in [0.15, 0.2) is 12.8 Å². The molecule has 1 saturated carbocycles. The Bertz CT molecular complexity index is 639. The Morgan fingerprint density at radius 2 is 2.05 bits per heavy atom. The number of pyridine rings is 1. The molecule has 1 fully saturated rings. The third-order valence-corrected chi connectivity index (χ3v) is 4.58. The van der Waals surface area contributed by atoms with Crippen molar-refractivity contribution in [3.05, 3.63) is 29.6 Å². The Balaban J connectivity index is 2.20. The molecule has 1 amide bonds. The molecule has 1 aromatic rings. The molecule has 0 saturated heterocycles. The molecule has 4 nitrogen and oxygen atoms in total. The molecule has 118 valence electrons. The number of allylic oxidation sites excluding steroid dienone is 1. The van der Waals surface area contributed by atoms with Gasteiger partial charge < -0.3 is 5.11 Å². The average Bonchev–Trinajstić information content (AvgIpc) is 3.14. The normalized spacial score (nSPS) is 17.2. The van der Waals surface area contributed by atoms with Gasteiger partial charge in [-0.1, -0.05) is 6.58 Å². The highest BCUT2D eigenvalue weighted by molar-refractivity contribution is 5.94. The molecule has 3 rings (SSSR count). The molecular weight excluding hydrogens is 276 g/mol. The lowest BCUT2D eigenvalue weighted by Crippen LogP contribution is -2.46. The SMILES string of the molecule is C=C(c1cnc2c(c1N(C(=O)O)C(C)(C)C)CCC2)C1CC1. The first kappa shape index (κ1) is 15.1. The largest absolute Gasteiger partial charge is 0.465 e. The summed E-state index contributed by atoms with van der Waals surface area (Å²) in [6.45, 7) is 10.0. The minimum absolute atomic E-state index is 0.496. The fourth-order valence-corrected chi connectivity index (χ4v) is 3.35. The Kier molecular flexibility index (Phi) is 3.50. The van der Waals surface area contributed by atoms with Crippen molar-refractivity contribution in [2.24, 2.45) is 5.92 Å². The Morgan fingerprint density at radius 1 is 1.36 bits per heavy atom. The minimum atomic E-state index is -0.905. The predicted octanol–water partition coefficient (Wildman–Crippen LogP) is 4.28. The van der Waals surface area contributed by atoms with E-state index in [-0.39, 0.29) is 0 Å². The second-order valence-corrected chi connectivity index (χ2v) is 7.39. The van der Waals surface area contributed by atoms with E-state index >= 15 is 0 Å². The lowest BCUT2D eigenvalue weighted by molar-refractivity contribution is 0.195. The molecule has 0 aromatic carbocycles. The number of nitrogens with zero attached hydrogens (tertiary/aromatic N) is 2. The molecule has 0 aliphatic heterocycles. The number of carboxylic acid groups (broad SMARTS) is 1. The van der Waals surface area contributed by atoms with Crippen LogP contribution in [0, 0.1) is 5.92 Å². The van der Waals surface area contributed by atoms with Crippen LogP contribution in [0.3, 0.4) is 0 Å². The number of aryl methyl sites for hydroxylation is 1. The van der Waals surface area contributed by atoms with Crippen molar-refractivity contribution < 1.29 is 9.90 Å². The van der Waals surface area contributed by atoms with Gasteiger partial charge in [0, 0.05) is 23.0 Å². The van der Waals surface area contributed by atoms with Gasteiger partial charge >= 0.3 is 6.09 Å². The van der Waals surface area contributed by atoms with E-state index in [1.165, 1.54) is 4.90 Å². The van der Waals surface area contributed by atoms with E-state index in [9.17, 15) is 9.90 Å². The summed E-state index contributed by atoms with van der Waals surface area (Å²) in [7, 11) is 0. The summed E-state index contributed by atoms with van der Waals surface area (Å²) in [5, 5.41) is 9.83. The van der Waals surface area contributed by atoms with Gasteiger partial charge in [-0.2, -0.15) is 0 Å². The smallest absolute Gasteiger partial charge is 0.412 e. The van der Waals surface area contributed by atoms with Gasteiger partial charge in [0.15, 0.2) is 0 Å². The summed E-state index contributed by atoms with van der Waals surface area (Å²) in [6, 6.07) is 0. The molecule has 0 unspecified atom stereocenters. The standard InChI is InChI=1S/C18H24N2O2/c1-11(12-8-9-12)14-10-19-15-7-5-6-13(15)16(14)20(17(21)22)18(2,3)4/h10,12H,1,5-9H2,2-4H3,(H,21,22).